The monoisotopic (exact) mass is 399 g/mol. The molecule has 2 aromatic carbocycles. The molecule has 3 rings (SSSR count). The molecule has 0 aliphatic carbocycles. The first-order chi connectivity index (χ1) is 12.0. The number of likely N-dealkylation sites (N-methyl/N-ethyl adjacent to an activating group) is 1. The normalized spacial score (nSPS) is 10.7. The van der Waals surface area contributed by atoms with Crippen molar-refractivity contribution in [2.24, 2.45) is 0 Å². The summed E-state index contributed by atoms with van der Waals surface area (Å²) >= 11 is 3.43. The lowest BCUT2D eigenvalue weighted by Crippen LogP contribution is -2.34. The summed E-state index contributed by atoms with van der Waals surface area (Å²) in [6, 6.07) is 13.2. The van der Waals surface area contributed by atoms with Crippen molar-refractivity contribution in [1.29, 1.82) is 0 Å². The number of para-hydroxylation sites is 1. The fourth-order valence-electron chi connectivity index (χ4n) is 2.66. The van der Waals surface area contributed by atoms with E-state index in [2.05, 4.69) is 26.2 Å². The highest BCUT2D eigenvalue weighted by atomic mass is 79.9. The standard InChI is InChI=1S/C19H18BrN3O2/c1-12-9-13(7-8-16(12)20)22-18(24)11-23(2)19(25)15-10-21-17-6-4-3-5-14(15)17/h3-10,21H,11H2,1-2H3,(H,22,24). The number of carbonyl (C=O) groups is 2. The van der Waals surface area contributed by atoms with Crippen molar-refractivity contribution >= 4 is 44.3 Å². The molecule has 0 atom stereocenters. The zero-order valence-electron chi connectivity index (χ0n) is 14.0. The third-order valence-electron chi connectivity index (χ3n) is 3.99. The van der Waals surface area contributed by atoms with Crippen LogP contribution in [0.3, 0.4) is 0 Å². The summed E-state index contributed by atoms with van der Waals surface area (Å²) in [7, 11) is 1.62. The maximum Gasteiger partial charge on any atom is 0.256 e. The summed E-state index contributed by atoms with van der Waals surface area (Å²) in [4.78, 5) is 29.3. The summed E-state index contributed by atoms with van der Waals surface area (Å²) in [6.07, 6.45) is 1.68. The van der Waals surface area contributed by atoms with Crippen LogP contribution in [0.15, 0.2) is 53.1 Å². The molecule has 0 unspecified atom stereocenters. The lowest BCUT2D eigenvalue weighted by atomic mass is 10.1. The predicted octanol–water partition coefficient (Wildman–Crippen LogP) is 3.95. The van der Waals surface area contributed by atoms with Crippen molar-refractivity contribution in [3.63, 3.8) is 0 Å². The smallest absolute Gasteiger partial charge is 0.256 e. The van der Waals surface area contributed by atoms with Crippen molar-refractivity contribution in [2.75, 3.05) is 18.9 Å². The zero-order chi connectivity index (χ0) is 18.0. The topological polar surface area (TPSA) is 65.2 Å². The van der Waals surface area contributed by atoms with Crippen molar-refractivity contribution in [3.05, 3.63) is 64.3 Å². The molecule has 0 aliphatic rings. The molecule has 0 spiro atoms. The number of nitrogens with zero attached hydrogens (tertiary/aromatic N) is 1. The lowest BCUT2D eigenvalue weighted by molar-refractivity contribution is -0.116. The van der Waals surface area contributed by atoms with Gasteiger partial charge in [0.15, 0.2) is 0 Å². The molecule has 0 fully saturated rings. The predicted molar refractivity (Wildman–Crippen MR) is 103 cm³/mol. The third kappa shape index (κ3) is 3.74. The van der Waals surface area contributed by atoms with Gasteiger partial charge in [0.2, 0.25) is 5.91 Å². The highest BCUT2D eigenvalue weighted by molar-refractivity contribution is 9.10. The van der Waals surface area contributed by atoms with Crippen molar-refractivity contribution in [1.82, 2.24) is 9.88 Å². The van der Waals surface area contributed by atoms with E-state index in [0.717, 1.165) is 20.9 Å². The molecule has 1 aromatic heterocycles. The number of aromatic amines is 1. The number of anilines is 1. The number of carbonyl (C=O) groups excluding carboxylic acids is 2. The Morgan fingerprint density at radius 1 is 1.20 bits per heavy atom. The van der Waals surface area contributed by atoms with Gasteiger partial charge in [-0.3, -0.25) is 9.59 Å². The van der Waals surface area contributed by atoms with Crippen LogP contribution in [-0.2, 0) is 4.79 Å². The van der Waals surface area contributed by atoms with E-state index in [9.17, 15) is 9.59 Å². The Labute approximate surface area is 154 Å². The number of amides is 2. The van der Waals surface area contributed by atoms with E-state index in [1.807, 2.05) is 49.4 Å². The van der Waals surface area contributed by atoms with Gasteiger partial charge in [0.1, 0.15) is 0 Å². The van der Waals surface area contributed by atoms with E-state index in [4.69, 9.17) is 0 Å². The lowest BCUT2D eigenvalue weighted by Gasteiger charge is -2.16. The van der Waals surface area contributed by atoms with Crippen LogP contribution in [0.1, 0.15) is 15.9 Å². The average Bonchev–Trinajstić information content (AvgIpc) is 3.01. The molecule has 5 nitrogen and oxygen atoms in total. The molecular weight excluding hydrogens is 382 g/mol. The molecule has 2 N–H and O–H groups in total. The summed E-state index contributed by atoms with van der Waals surface area (Å²) in [6.45, 7) is 1.93. The Bertz CT molecular complexity index is 949. The molecular formula is C19H18BrN3O2. The first-order valence-electron chi connectivity index (χ1n) is 7.83. The van der Waals surface area contributed by atoms with E-state index in [1.165, 1.54) is 4.90 Å². The quantitative estimate of drug-likeness (QED) is 0.697. The average molecular weight is 400 g/mol. The van der Waals surface area contributed by atoms with E-state index in [0.29, 0.717) is 11.3 Å². The molecule has 25 heavy (non-hydrogen) atoms. The van der Waals surface area contributed by atoms with Gasteiger partial charge in [-0.15, -0.1) is 0 Å². The van der Waals surface area contributed by atoms with Gasteiger partial charge in [-0.2, -0.15) is 0 Å². The zero-order valence-corrected chi connectivity index (χ0v) is 15.6. The van der Waals surface area contributed by atoms with Gasteiger partial charge in [-0.25, -0.2) is 0 Å². The molecule has 1 heterocycles. The maximum atomic E-state index is 12.6. The van der Waals surface area contributed by atoms with E-state index >= 15 is 0 Å². The van der Waals surface area contributed by atoms with E-state index in [1.54, 1.807) is 13.2 Å². The number of halogens is 1. The van der Waals surface area contributed by atoms with Crippen LogP contribution in [0.4, 0.5) is 5.69 Å². The minimum Gasteiger partial charge on any atom is -0.360 e. The van der Waals surface area contributed by atoms with Gasteiger partial charge in [0.25, 0.3) is 5.91 Å². The Kier molecular flexibility index (Phi) is 4.90. The van der Waals surface area contributed by atoms with Crippen molar-refractivity contribution in [2.45, 2.75) is 6.92 Å². The van der Waals surface area contributed by atoms with Gasteiger partial charge in [0, 0.05) is 34.3 Å². The first-order valence-corrected chi connectivity index (χ1v) is 8.62. The number of hydrogen-bond donors (Lipinski definition) is 2. The molecule has 2 amide bonds. The Hall–Kier alpha value is -2.60. The minimum atomic E-state index is -0.239. The maximum absolute atomic E-state index is 12.6. The van der Waals surface area contributed by atoms with Crippen LogP contribution < -0.4 is 5.32 Å². The fraction of sp³-hybridized carbons (Fsp3) is 0.158. The SMILES string of the molecule is Cc1cc(NC(=O)CN(C)C(=O)c2c[nH]c3ccccc23)ccc1Br. The summed E-state index contributed by atoms with van der Waals surface area (Å²) in [5, 5.41) is 3.67. The second-order valence-corrected chi connectivity index (χ2v) is 6.78. The number of rotatable bonds is 4. The van der Waals surface area contributed by atoms with Crippen LogP contribution >= 0.6 is 15.9 Å². The van der Waals surface area contributed by atoms with Crippen LogP contribution in [0.5, 0.6) is 0 Å². The van der Waals surface area contributed by atoms with Gasteiger partial charge < -0.3 is 15.2 Å². The molecule has 0 saturated carbocycles. The number of aryl methyl sites for hydroxylation is 1. The molecule has 0 saturated heterocycles. The van der Waals surface area contributed by atoms with Gasteiger partial charge in [-0.1, -0.05) is 34.1 Å². The Balaban J connectivity index is 1.68. The second kappa shape index (κ2) is 7.11. The number of benzene rings is 2. The first kappa shape index (κ1) is 17.2. The third-order valence-corrected chi connectivity index (χ3v) is 4.88. The number of aromatic nitrogens is 1. The van der Waals surface area contributed by atoms with Gasteiger partial charge in [-0.05, 0) is 36.8 Å². The number of nitrogens with one attached hydrogen (secondary N) is 2. The Morgan fingerprint density at radius 3 is 2.72 bits per heavy atom. The minimum absolute atomic E-state index is 0.0204. The number of H-pyrrole nitrogens is 1. The summed E-state index contributed by atoms with van der Waals surface area (Å²) in [5.74, 6) is -0.433. The highest BCUT2D eigenvalue weighted by Crippen LogP contribution is 2.21. The van der Waals surface area contributed by atoms with E-state index < -0.39 is 0 Å². The molecule has 0 aliphatic heterocycles. The molecule has 0 radical (unpaired) electrons. The van der Waals surface area contributed by atoms with Crippen LogP contribution in [0.25, 0.3) is 10.9 Å². The summed E-state index contributed by atoms with van der Waals surface area (Å²) < 4.78 is 0.983. The van der Waals surface area contributed by atoms with Gasteiger partial charge >= 0.3 is 0 Å². The van der Waals surface area contributed by atoms with Crippen molar-refractivity contribution in [3.8, 4) is 0 Å². The van der Waals surface area contributed by atoms with Crippen LogP contribution in [0.2, 0.25) is 0 Å². The van der Waals surface area contributed by atoms with Crippen LogP contribution in [0, 0.1) is 6.92 Å². The van der Waals surface area contributed by atoms with Crippen molar-refractivity contribution < 1.29 is 9.59 Å². The molecule has 3 aromatic rings. The number of hydrogen-bond acceptors (Lipinski definition) is 2. The molecule has 0 bridgehead atoms. The van der Waals surface area contributed by atoms with E-state index in [-0.39, 0.29) is 18.4 Å². The fourth-order valence-corrected chi connectivity index (χ4v) is 2.91. The largest absolute Gasteiger partial charge is 0.360 e. The van der Waals surface area contributed by atoms with Gasteiger partial charge in [0.05, 0.1) is 12.1 Å². The second-order valence-electron chi connectivity index (χ2n) is 5.92. The number of fused-ring (bicyclic) bond motifs is 1. The molecule has 6 heteroatoms. The molecule has 128 valence electrons. The van der Waals surface area contributed by atoms with Crippen LogP contribution in [-0.4, -0.2) is 35.3 Å². The summed E-state index contributed by atoms with van der Waals surface area (Å²) in [5.41, 5.74) is 3.19. The highest BCUT2D eigenvalue weighted by Gasteiger charge is 2.18. The Morgan fingerprint density at radius 2 is 1.96 bits per heavy atom.